The van der Waals surface area contributed by atoms with E-state index in [-0.39, 0.29) is 5.91 Å². The van der Waals surface area contributed by atoms with Crippen molar-refractivity contribution in [3.63, 3.8) is 0 Å². The topological polar surface area (TPSA) is 49.3 Å². The average molecular weight is 277 g/mol. The molecule has 3 nitrogen and oxygen atoms in total. The molecule has 112 valence electrons. The first-order valence-corrected chi connectivity index (χ1v) is 7.34. The van der Waals surface area contributed by atoms with Gasteiger partial charge in [0.25, 0.3) is 0 Å². The van der Waals surface area contributed by atoms with Gasteiger partial charge >= 0.3 is 0 Å². The van der Waals surface area contributed by atoms with E-state index >= 15 is 0 Å². The molecule has 0 aliphatic carbocycles. The molecule has 1 aromatic rings. The van der Waals surface area contributed by atoms with E-state index in [2.05, 4.69) is 19.2 Å². The van der Waals surface area contributed by atoms with E-state index in [4.69, 9.17) is 0 Å². The third-order valence-electron chi connectivity index (χ3n) is 3.54. The Labute approximate surface area is 122 Å². The zero-order chi connectivity index (χ0) is 15.2. The van der Waals surface area contributed by atoms with Gasteiger partial charge in [-0.3, -0.25) is 4.79 Å². The van der Waals surface area contributed by atoms with E-state index in [9.17, 15) is 9.90 Å². The summed E-state index contributed by atoms with van der Waals surface area (Å²) in [6, 6.07) is 7.87. The molecular formula is C17H27NO2. The second kappa shape index (κ2) is 7.44. The smallest absolute Gasteiger partial charge is 0.224 e. The number of hydrogen-bond acceptors (Lipinski definition) is 2. The van der Waals surface area contributed by atoms with E-state index in [1.54, 1.807) is 6.92 Å². The number of carbonyl (C=O) groups excluding carboxylic acids is 1. The van der Waals surface area contributed by atoms with Crippen molar-refractivity contribution in [1.29, 1.82) is 0 Å². The van der Waals surface area contributed by atoms with E-state index in [1.165, 1.54) is 0 Å². The molecule has 3 heteroatoms. The van der Waals surface area contributed by atoms with E-state index < -0.39 is 5.60 Å². The minimum absolute atomic E-state index is 0.0379. The summed E-state index contributed by atoms with van der Waals surface area (Å²) in [5, 5.41) is 13.1. The van der Waals surface area contributed by atoms with Crippen molar-refractivity contribution in [1.82, 2.24) is 5.32 Å². The van der Waals surface area contributed by atoms with Gasteiger partial charge in [-0.2, -0.15) is 0 Å². The van der Waals surface area contributed by atoms with Gasteiger partial charge in [-0.1, -0.05) is 38.1 Å². The minimum atomic E-state index is -0.828. The Kier molecular flexibility index (Phi) is 6.21. The number of aryl methyl sites for hydroxylation is 1. The Morgan fingerprint density at radius 1 is 1.35 bits per heavy atom. The first-order valence-electron chi connectivity index (χ1n) is 7.34. The van der Waals surface area contributed by atoms with Crippen LogP contribution in [0.4, 0.5) is 0 Å². The maximum Gasteiger partial charge on any atom is 0.224 e. The highest BCUT2D eigenvalue weighted by molar-refractivity contribution is 5.78. The maximum absolute atomic E-state index is 11.9. The van der Waals surface area contributed by atoms with Gasteiger partial charge < -0.3 is 10.4 Å². The van der Waals surface area contributed by atoms with Crippen molar-refractivity contribution in [3.05, 3.63) is 35.4 Å². The number of benzene rings is 1. The van der Waals surface area contributed by atoms with Gasteiger partial charge in [0.15, 0.2) is 0 Å². The van der Waals surface area contributed by atoms with Crippen LogP contribution >= 0.6 is 0 Å². The number of nitrogens with one attached hydrogen (secondary N) is 1. The van der Waals surface area contributed by atoms with Crippen molar-refractivity contribution in [2.45, 2.75) is 52.6 Å². The van der Waals surface area contributed by atoms with Crippen molar-refractivity contribution in [2.75, 3.05) is 6.54 Å². The largest absolute Gasteiger partial charge is 0.388 e. The molecule has 0 aliphatic heterocycles. The molecule has 1 unspecified atom stereocenters. The molecule has 1 rings (SSSR count). The number of amides is 1. The molecule has 0 bridgehead atoms. The first kappa shape index (κ1) is 16.7. The van der Waals surface area contributed by atoms with Crippen LogP contribution in [-0.4, -0.2) is 23.2 Å². The molecule has 0 aliphatic rings. The monoisotopic (exact) mass is 277 g/mol. The predicted molar refractivity (Wildman–Crippen MR) is 82.6 cm³/mol. The fourth-order valence-corrected chi connectivity index (χ4v) is 2.02. The molecule has 20 heavy (non-hydrogen) atoms. The maximum atomic E-state index is 11.9. The molecule has 2 N–H and O–H groups in total. The van der Waals surface area contributed by atoms with Crippen LogP contribution in [0, 0.1) is 12.8 Å². The van der Waals surface area contributed by atoms with E-state index in [1.807, 2.05) is 31.2 Å². The normalized spacial score (nSPS) is 14.1. The summed E-state index contributed by atoms with van der Waals surface area (Å²) in [6.45, 7) is 8.36. The van der Waals surface area contributed by atoms with Crippen molar-refractivity contribution in [3.8, 4) is 0 Å². The minimum Gasteiger partial charge on any atom is -0.388 e. The van der Waals surface area contributed by atoms with Gasteiger partial charge in [0.1, 0.15) is 0 Å². The van der Waals surface area contributed by atoms with Crippen molar-refractivity contribution in [2.24, 2.45) is 5.92 Å². The summed E-state index contributed by atoms with van der Waals surface area (Å²) >= 11 is 0. The molecular weight excluding hydrogens is 250 g/mol. The number of aliphatic hydroxyl groups is 1. The van der Waals surface area contributed by atoms with Crippen LogP contribution < -0.4 is 5.32 Å². The van der Waals surface area contributed by atoms with Gasteiger partial charge in [-0.25, -0.2) is 0 Å². The molecule has 0 heterocycles. The summed E-state index contributed by atoms with van der Waals surface area (Å²) in [4.78, 5) is 11.9. The van der Waals surface area contributed by atoms with Crippen LogP contribution in [0.3, 0.4) is 0 Å². The lowest BCUT2D eigenvalue weighted by Crippen LogP contribution is -2.41. The average Bonchev–Trinajstić information content (AvgIpc) is 2.37. The lowest BCUT2D eigenvalue weighted by molar-refractivity contribution is -0.121. The Bertz CT molecular complexity index is 438. The Morgan fingerprint density at radius 2 is 2.00 bits per heavy atom. The Balaban J connectivity index is 2.41. The first-order chi connectivity index (χ1) is 9.30. The second-order valence-electron chi connectivity index (χ2n) is 6.31. The molecule has 0 spiro atoms. The highest BCUT2D eigenvalue weighted by atomic mass is 16.3. The van der Waals surface area contributed by atoms with Crippen LogP contribution in [0.1, 0.15) is 44.7 Å². The Morgan fingerprint density at radius 3 is 2.60 bits per heavy atom. The SMILES string of the molecule is Cc1ccccc1CC(=O)NCC(C)(O)CCC(C)C. The molecule has 0 radical (unpaired) electrons. The van der Waals surface area contributed by atoms with Crippen LogP contribution in [0.15, 0.2) is 24.3 Å². The Hall–Kier alpha value is -1.35. The van der Waals surface area contributed by atoms with E-state index in [0.29, 0.717) is 25.3 Å². The molecule has 0 saturated carbocycles. The van der Waals surface area contributed by atoms with Gasteiger partial charge in [0, 0.05) is 6.54 Å². The van der Waals surface area contributed by atoms with Gasteiger partial charge in [0.05, 0.1) is 12.0 Å². The molecule has 1 atom stereocenters. The summed E-state index contributed by atoms with van der Waals surface area (Å²) in [5.74, 6) is 0.522. The fourth-order valence-electron chi connectivity index (χ4n) is 2.02. The molecule has 1 amide bonds. The lowest BCUT2D eigenvalue weighted by Gasteiger charge is -2.24. The van der Waals surface area contributed by atoms with E-state index in [0.717, 1.165) is 17.5 Å². The summed E-state index contributed by atoms with van der Waals surface area (Å²) in [5.41, 5.74) is 1.33. The van der Waals surface area contributed by atoms with Crippen LogP contribution in [0.5, 0.6) is 0 Å². The van der Waals surface area contributed by atoms with Crippen LogP contribution in [0.2, 0.25) is 0 Å². The van der Waals surface area contributed by atoms with Gasteiger partial charge in [-0.15, -0.1) is 0 Å². The zero-order valence-electron chi connectivity index (χ0n) is 13.1. The zero-order valence-corrected chi connectivity index (χ0v) is 13.1. The number of carbonyl (C=O) groups is 1. The van der Waals surface area contributed by atoms with Crippen molar-refractivity contribution >= 4 is 5.91 Å². The molecule has 0 saturated heterocycles. The molecule has 0 aromatic heterocycles. The number of hydrogen-bond donors (Lipinski definition) is 2. The number of rotatable bonds is 7. The standard InChI is InChI=1S/C17H27NO2/c1-13(2)9-10-17(4,20)12-18-16(19)11-15-8-6-5-7-14(15)3/h5-8,13,20H,9-12H2,1-4H3,(H,18,19). The summed E-state index contributed by atoms with van der Waals surface area (Å²) in [6.07, 6.45) is 2.03. The van der Waals surface area contributed by atoms with Gasteiger partial charge in [0.2, 0.25) is 5.91 Å². The summed E-state index contributed by atoms with van der Waals surface area (Å²) < 4.78 is 0. The third-order valence-corrected chi connectivity index (χ3v) is 3.54. The highest BCUT2D eigenvalue weighted by Crippen LogP contribution is 2.15. The fraction of sp³-hybridized carbons (Fsp3) is 0.588. The van der Waals surface area contributed by atoms with Crippen LogP contribution in [0.25, 0.3) is 0 Å². The third kappa shape index (κ3) is 6.20. The second-order valence-corrected chi connectivity index (χ2v) is 6.31. The summed E-state index contributed by atoms with van der Waals surface area (Å²) in [7, 11) is 0. The van der Waals surface area contributed by atoms with Gasteiger partial charge in [-0.05, 0) is 43.7 Å². The molecule has 1 aromatic carbocycles. The predicted octanol–water partition coefficient (Wildman–Crippen LogP) is 2.84. The molecule has 0 fully saturated rings. The quantitative estimate of drug-likeness (QED) is 0.805. The van der Waals surface area contributed by atoms with Crippen LogP contribution in [-0.2, 0) is 11.2 Å². The van der Waals surface area contributed by atoms with Crippen molar-refractivity contribution < 1.29 is 9.90 Å². The lowest BCUT2D eigenvalue weighted by atomic mass is 9.95. The highest BCUT2D eigenvalue weighted by Gasteiger charge is 2.21.